The van der Waals surface area contributed by atoms with Gasteiger partial charge in [0.15, 0.2) is 0 Å². The first-order chi connectivity index (χ1) is 13.6. The summed E-state index contributed by atoms with van der Waals surface area (Å²) in [5, 5.41) is 18.7. The number of benzene rings is 3. The lowest BCUT2D eigenvalue weighted by Crippen LogP contribution is -2.25. The van der Waals surface area contributed by atoms with Crippen molar-refractivity contribution in [2.75, 3.05) is 12.4 Å². The molecule has 28 heavy (non-hydrogen) atoms. The number of rotatable bonds is 5. The van der Waals surface area contributed by atoms with Crippen LogP contribution < -0.4 is 4.74 Å². The Balaban J connectivity index is 1.72. The SMILES string of the molecule is O=C(O)CSc1ccc([C@H]2c3ccc(O)cc3OC[C@H]2c2ccccc2)cc1. The molecule has 1 aliphatic heterocycles. The number of carboxylic acids is 1. The van der Waals surface area contributed by atoms with Crippen LogP contribution in [0.1, 0.15) is 28.5 Å². The van der Waals surface area contributed by atoms with E-state index in [-0.39, 0.29) is 23.3 Å². The zero-order valence-electron chi connectivity index (χ0n) is 15.1. The second-order valence-electron chi connectivity index (χ2n) is 6.78. The van der Waals surface area contributed by atoms with Crippen molar-refractivity contribution in [2.24, 2.45) is 0 Å². The lowest BCUT2D eigenvalue weighted by molar-refractivity contribution is -0.133. The molecule has 0 amide bonds. The Hall–Kier alpha value is -2.92. The van der Waals surface area contributed by atoms with Gasteiger partial charge in [0, 0.05) is 28.4 Å². The van der Waals surface area contributed by atoms with Gasteiger partial charge in [0.05, 0.1) is 12.4 Å². The van der Waals surface area contributed by atoms with Crippen molar-refractivity contribution in [1.29, 1.82) is 0 Å². The fourth-order valence-corrected chi connectivity index (χ4v) is 4.33. The van der Waals surface area contributed by atoms with E-state index in [1.165, 1.54) is 17.3 Å². The van der Waals surface area contributed by atoms with Crippen molar-refractivity contribution in [3.05, 3.63) is 89.5 Å². The van der Waals surface area contributed by atoms with Crippen LogP contribution in [0.15, 0.2) is 77.7 Å². The van der Waals surface area contributed by atoms with Gasteiger partial charge in [0.2, 0.25) is 0 Å². The van der Waals surface area contributed by atoms with Crippen LogP contribution >= 0.6 is 11.8 Å². The number of carboxylic acid groups (broad SMARTS) is 1. The molecule has 5 heteroatoms. The van der Waals surface area contributed by atoms with Gasteiger partial charge in [-0.15, -0.1) is 11.8 Å². The third kappa shape index (κ3) is 3.85. The topological polar surface area (TPSA) is 66.8 Å². The zero-order valence-corrected chi connectivity index (χ0v) is 15.9. The van der Waals surface area contributed by atoms with Gasteiger partial charge >= 0.3 is 5.97 Å². The van der Waals surface area contributed by atoms with Crippen LogP contribution in [0, 0.1) is 0 Å². The maximum absolute atomic E-state index is 10.8. The molecule has 0 bridgehead atoms. The highest BCUT2D eigenvalue weighted by Crippen LogP contribution is 2.47. The second-order valence-corrected chi connectivity index (χ2v) is 7.83. The lowest BCUT2D eigenvalue weighted by Gasteiger charge is -2.34. The number of hydrogen-bond donors (Lipinski definition) is 2. The monoisotopic (exact) mass is 392 g/mol. The van der Waals surface area contributed by atoms with Gasteiger partial charge in [-0.2, -0.15) is 0 Å². The van der Waals surface area contributed by atoms with E-state index in [1.807, 2.05) is 36.4 Å². The van der Waals surface area contributed by atoms with E-state index in [0.29, 0.717) is 12.4 Å². The summed E-state index contributed by atoms with van der Waals surface area (Å²) >= 11 is 1.31. The number of hydrogen-bond acceptors (Lipinski definition) is 4. The second kappa shape index (κ2) is 7.98. The predicted octanol–water partition coefficient (Wildman–Crippen LogP) is 4.88. The van der Waals surface area contributed by atoms with E-state index in [2.05, 4.69) is 24.3 Å². The van der Waals surface area contributed by atoms with Crippen molar-refractivity contribution in [2.45, 2.75) is 16.7 Å². The van der Waals surface area contributed by atoms with Crippen LogP contribution in [0.25, 0.3) is 0 Å². The Morgan fingerprint density at radius 3 is 2.46 bits per heavy atom. The molecule has 0 spiro atoms. The number of phenols is 1. The van der Waals surface area contributed by atoms with Crippen molar-refractivity contribution in [3.63, 3.8) is 0 Å². The first kappa shape index (κ1) is 18.4. The normalized spacial score (nSPS) is 18.1. The summed E-state index contributed by atoms with van der Waals surface area (Å²) in [7, 11) is 0. The number of ether oxygens (including phenoxy) is 1. The minimum absolute atomic E-state index is 0.0470. The Kier molecular flexibility index (Phi) is 5.26. The third-order valence-electron chi connectivity index (χ3n) is 4.98. The molecule has 0 saturated heterocycles. The fraction of sp³-hybridized carbons (Fsp3) is 0.174. The van der Waals surface area contributed by atoms with E-state index >= 15 is 0 Å². The third-order valence-corrected chi connectivity index (χ3v) is 5.98. The average molecular weight is 392 g/mol. The Morgan fingerprint density at radius 1 is 1.00 bits per heavy atom. The number of aromatic hydroxyl groups is 1. The Labute approximate surface area is 167 Å². The van der Waals surface area contributed by atoms with Crippen molar-refractivity contribution in [1.82, 2.24) is 0 Å². The average Bonchev–Trinajstić information content (AvgIpc) is 2.72. The van der Waals surface area contributed by atoms with Crippen molar-refractivity contribution < 1.29 is 19.7 Å². The van der Waals surface area contributed by atoms with Crippen LogP contribution in [0.3, 0.4) is 0 Å². The van der Waals surface area contributed by atoms with Crippen molar-refractivity contribution >= 4 is 17.7 Å². The predicted molar refractivity (Wildman–Crippen MR) is 109 cm³/mol. The minimum Gasteiger partial charge on any atom is -0.508 e. The molecule has 3 aromatic rings. The minimum atomic E-state index is -0.823. The molecule has 0 aromatic heterocycles. The Morgan fingerprint density at radius 2 is 1.75 bits per heavy atom. The molecule has 142 valence electrons. The largest absolute Gasteiger partial charge is 0.508 e. The summed E-state index contributed by atoms with van der Waals surface area (Å²) in [5.41, 5.74) is 3.39. The van der Waals surface area contributed by atoms with Gasteiger partial charge in [0.25, 0.3) is 0 Å². The molecule has 4 rings (SSSR count). The van der Waals surface area contributed by atoms with E-state index in [1.54, 1.807) is 12.1 Å². The van der Waals surface area contributed by atoms with Crippen molar-refractivity contribution in [3.8, 4) is 11.5 Å². The van der Waals surface area contributed by atoms with E-state index in [4.69, 9.17) is 9.84 Å². The van der Waals surface area contributed by atoms with Gasteiger partial charge in [0.1, 0.15) is 11.5 Å². The van der Waals surface area contributed by atoms with Gasteiger partial charge in [-0.25, -0.2) is 0 Å². The van der Waals surface area contributed by atoms with Crippen LogP contribution in [-0.4, -0.2) is 28.5 Å². The molecule has 0 radical (unpaired) electrons. The summed E-state index contributed by atoms with van der Waals surface area (Å²) in [4.78, 5) is 11.7. The molecule has 0 aliphatic carbocycles. The molecule has 2 atom stereocenters. The number of thioether (sulfide) groups is 1. The molecule has 1 heterocycles. The zero-order chi connectivity index (χ0) is 19.5. The Bertz CT molecular complexity index is 970. The highest BCUT2D eigenvalue weighted by molar-refractivity contribution is 8.00. The van der Waals surface area contributed by atoms with E-state index in [9.17, 15) is 9.90 Å². The van der Waals surface area contributed by atoms with Crippen LogP contribution in [0.4, 0.5) is 0 Å². The number of fused-ring (bicyclic) bond motifs is 1. The first-order valence-electron chi connectivity index (χ1n) is 9.07. The fourth-order valence-electron chi connectivity index (χ4n) is 3.71. The van der Waals surface area contributed by atoms with Crippen LogP contribution in [-0.2, 0) is 4.79 Å². The van der Waals surface area contributed by atoms with Gasteiger partial charge in [-0.05, 0) is 29.3 Å². The molecule has 4 nitrogen and oxygen atoms in total. The molecule has 2 N–H and O–H groups in total. The molecule has 0 unspecified atom stereocenters. The number of carbonyl (C=O) groups is 1. The highest BCUT2D eigenvalue weighted by Gasteiger charge is 2.33. The summed E-state index contributed by atoms with van der Waals surface area (Å²) in [6, 6.07) is 23.7. The molecule has 0 saturated carbocycles. The van der Waals surface area contributed by atoms with Crippen LogP contribution in [0.5, 0.6) is 11.5 Å². The number of phenolic OH excluding ortho intramolecular Hbond substituents is 1. The van der Waals surface area contributed by atoms with Crippen LogP contribution in [0.2, 0.25) is 0 Å². The first-order valence-corrected chi connectivity index (χ1v) is 10.1. The van der Waals surface area contributed by atoms with E-state index in [0.717, 1.165) is 16.0 Å². The molecule has 1 aliphatic rings. The maximum atomic E-state index is 10.8. The van der Waals surface area contributed by atoms with Gasteiger partial charge in [-0.3, -0.25) is 4.79 Å². The van der Waals surface area contributed by atoms with Gasteiger partial charge < -0.3 is 14.9 Å². The molecular formula is C23H20O4S. The van der Waals surface area contributed by atoms with E-state index < -0.39 is 5.97 Å². The summed E-state index contributed by atoms with van der Waals surface area (Å²) < 4.78 is 5.98. The maximum Gasteiger partial charge on any atom is 0.313 e. The molecular weight excluding hydrogens is 372 g/mol. The molecule has 3 aromatic carbocycles. The lowest BCUT2D eigenvalue weighted by atomic mass is 9.76. The highest BCUT2D eigenvalue weighted by atomic mass is 32.2. The summed E-state index contributed by atoms with van der Waals surface area (Å²) in [5.74, 6) is 0.362. The summed E-state index contributed by atoms with van der Waals surface area (Å²) in [6.07, 6.45) is 0. The number of aliphatic carboxylic acids is 1. The standard InChI is InChI=1S/C23H20O4S/c24-17-8-11-19-21(12-17)27-13-20(15-4-2-1-3-5-15)23(19)16-6-9-18(10-7-16)28-14-22(25)26/h1-12,20,23-24H,13-14H2,(H,25,26)/t20-,23-/m0/s1. The quantitative estimate of drug-likeness (QED) is 0.606. The van der Waals surface area contributed by atoms with Gasteiger partial charge in [-0.1, -0.05) is 48.5 Å². The molecule has 0 fully saturated rings. The smallest absolute Gasteiger partial charge is 0.313 e. The summed E-state index contributed by atoms with van der Waals surface area (Å²) in [6.45, 7) is 0.528.